The molecule has 0 amide bonds. The van der Waals surface area contributed by atoms with Gasteiger partial charge in [0.25, 0.3) is 0 Å². The lowest BCUT2D eigenvalue weighted by Crippen LogP contribution is -2.37. The van der Waals surface area contributed by atoms with Gasteiger partial charge in [0.05, 0.1) is 11.7 Å². The Labute approximate surface area is 98.0 Å². The number of aromatic nitrogens is 1. The summed E-state index contributed by atoms with van der Waals surface area (Å²) in [7, 11) is 0. The summed E-state index contributed by atoms with van der Waals surface area (Å²) >= 11 is 5.91. The Morgan fingerprint density at radius 1 is 1.38 bits per heavy atom. The summed E-state index contributed by atoms with van der Waals surface area (Å²) in [4.78, 5) is 3.71. The number of nitrogens with one attached hydrogen (secondary N) is 1. The lowest BCUT2D eigenvalue weighted by molar-refractivity contribution is 0.521. The monoisotopic (exact) mass is 246 g/mol. The Hall–Kier alpha value is -0.900. The quantitative estimate of drug-likeness (QED) is 0.828. The zero-order valence-corrected chi connectivity index (χ0v) is 9.53. The van der Waals surface area contributed by atoms with Gasteiger partial charge in [0.2, 0.25) is 0 Å². The van der Waals surface area contributed by atoms with Crippen molar-refractivity contribution < 1.29 is 8.78 Å². The number of alkyl halides is 1. The molecule has 5 heteroatoms. The summed E-state index contributed by atoms with van der Waals surface area (Å²) < 4.78 is 26.1. The van der Waals surface area contributed by atoms with Gasteiger partial charge in [-0.3, -0.25) is 0 Å². The van der Waals surface area contributed by atoms with Crippen molar-refractivity contribution in [2.24, 2.45) is 0 Å². The SMILES string of the molecule is Fc1cnc(NC2(CCl)CCCC2)c(F)c1. The molecule has 1 aromatic rings. The van der Waals surface area contributed by atoms with Crippen LogP contribution in [-0.4, -0.2) is 16.4 Å². The van der Waals surface area contributed by atoms with Crippen molar-refractivity contribution in [3.05, 3.63) is 23.9 Å². The molecule has 1 N–H and O–H groups in total. The molecule has 0 radical (unpaired) electrons. The molecule has 0 spiro atoms. The third-order valence-electron chi connectivity index (χ3n) is 3.01. The van der Waals surface area contributed by atoms with E-state index in [9.17, 15) is 8.78 Å². The van der Waals surface area contributed by atoms with Crippen LogP contribution < -0.4 is 5.32 Å². The Kier molecular flexibility index (Phi) is 3.28. The molecular formula is C11H13ClF2N2. The van der Waals surface area contributed by atoms with Crippen LogP contribution in [0.4, 0.5) is 14.6 Å². The molecule has 0 aliphatic heterocycles. The highest BCUT2D eigenvalue weighted by atomic mass is 35.5. The Morgan fingerprint density at radius 2 is 2.06 bits per heavy atom. The lowest BCUT2D eigenvalue weighted by Gasteiger charge is -2.28. The van der Waals surface area contributed by atoms with Crippen LogP contribution >= 0.6 is 11.6 Å². The van der Waals surface area contributed by atoms with Crippen molar-refractivity contribution in [2.75, 3.05) is 11.2 Å². The minimum absolute atomic E-state index is 0.0870. The molecule has 0 aromatic carbocycles. The summed E-state index contributed by atoms with van der Waals surface area (Å²) in [5.41, 5.74) is -0.284. The molecule has 88 valence electrons. The van der Waals surface area contributed by atoms with Crippen molar-refractivity contribution in [3.63, 3.8) is 0 Å². The number of hydrogen-bond donors (Lipinski definition) is 1. The van der Waals surface area contributed by atoms with E-state index in [4.69, 9.17) is 11.6 Å². The van der Waals surface area contributed by atoms with E-state index in [1.165, 1.54) is 0 Å². The first kappa shape index (κ1) is 11.6. The lowest BCUT2D eigenvalue weighted by atomic mass is 10.0. The van der Waals surface area contributed by atoms with Gasteiger partial charge in [0.15, 0.2) is 11.6 Å². The largest absolute Gasteiger partial charge is 0.361 e. The summed E-state index contributed by atoms with van der Waals surface area (Å²) in [5, 5.41) is 3.01. The zero-order chi connectivity index (χ0) is 11.6. The molecule has 1 saturated carbocycles. The second-order valence-corrected chi connectivity index (χ2v) is 4.50. The standard InChI is InChI=1S/C11H13ClF2N2/c12-7-11(3-1-2-4-11)16-10-9(14)5-8(13)6-15-10/h5-6H,1-4,7H2,(H,15,16). The normalized spacial score (nSPS) is 18.7. The molecule has 0 atom stereocenters. The fourth-order valence-corrected chi connectivity index (χ4v) is 2.44. The predicted molar refractivity (Wildman–Crippen MR) is 59.7 cm³/mol. The first-order valence-electron chi connectivity index (χ1n) is 5.30. The van der Waals surface area contributed by atoms with Gasteiger partial charge in [-0.2, -0.15) is 0 Å². The second-order valence-electron chi connectivity index (χ2n) is 4.23. The van der Waals surface area contributed by atoms with Crippen LogP contribution in [0.15, 0.2) is 12.3 Å². The third kappa shape index (κ3) is 2.26. The van der Waals surface area contributed by atoms with Gasteiger partial charge < -0.3 is 5.32 Å². The van der Waals surface area contributed by atoms with Gasteiger partial charge in [-0.05, 0) is 12.8 Å². The highest BCUT2D eigenvalue weighted by molar-refractivity contribution is 6.18. The van der Waals surface area contributed by atoms with Crippen LogP contribution in [-0.2, 0) is 0 Å². The number of pyridine rings is 1. The average molecular weight is 247 g/mol. The fraction of sp³-hybridized carbons (Fsp3) is 0.545. The topological polar surface area (TPSA) is 24.9 Å². The van der Waals surface area contributed by atoms with Crippen LogP contribution in [0.3, 0.4) is 0 Å². The maximum atomic E-state index is 13.4. The van der Waals surface area contributed by atoms with Crippen molar-refractivity contribution in [1.82, 2.24) is 4.98 Å². The van der Waals surface area contributed by atoms with Gasteiger partial charge >= 0.3 is 0 Å². The van der Waals surface area contributed by atoms with E-state index in [1.54, 1.807) is 0 Å². The summed E-state index contributed by atoms with van der Waals surface area (Å²) in [5.74, 6) is -0.847. The minimum atomic E-state index is -0.672. The average Bonchev–Trinajstić information content (AvgIpc) is 2.72. The first-order chi connectivity index (χ1) is 7.65. The fourth-order valence-electron chi connectivity index (χ4n) is 2.10. The second kappa shape index (κ2) is 4.53. The van der Waals surface area contributed by atoms with Crippen LogP contribution in [0.25, 0.3) is 0 Å². The van der Waals surface area contributed by atoms with Crippen LogP contribution in [0.1, 0.15) is 25.7 Å². The molecule has 1 aromatic heterocycles. The molecule has 2 rings (SSSR count). The Bertz CT molecular complexity index is 378. The minimum Gasteiger partial charge on any atom is -0.361 e. The Morgan fingerprint density at radius 3 is 2.62 bits per heavy atom. The summed E-state index contributed by atoms with van der Waals surface area (Å²) in [6.45, 7) is 0. The first-order valence-corrected chi connectivity index (χ1v) is 5.84. The molecule has 1 fully saturated rings. The third-order valence-corrected chi connectivity index (χ3v) is 3.52. The van der Waals surface area contributed by atoms with E-state index in [1.807, 2.05) is 0 Å². The summed E-state index contributed by atoms with van der Waals surface area (Å²) in [6, 6.07) is 0.826. The number of hydrogen-bond acceptors (Lipinski definition) is 2. The molecule has 0 bridgehead atoms. The highest BCUT2D eigenvalue weighted by Gasteiger charge is 2.33. The van der Waals surface area contributed by atoms with Crippen LogP contribution in [0.2, 0.25) is 0 Å². The number of nitrogens with zero attached hydrogens (tertiary/aromatic N) is 1. The van der Waals surface area contributed by atoms with Crippen molar-refractivity contribution in [2.45, 2.75) is 31.2 Å². The number of rotatable bonds is 3. The Balaban J connectivity index is 2.19. The van der Waals surface area contributed by atoms with Gasteiger partial charge in [-0.15, -0.1) is 11.6 Å². The molecule has 1 aliphatic rings. The van der Waals surface area contributed by atoms with E-state index in [-0.39, 0.29) is 11.4 Å². The molecule has 1 heterocycles. The van der Waals surface area contributed by atoms with E-state index in [2.05, 4.69) is 10.3 Å². The van der Waals surface area contributed by atoms with E-state index >= 15 is 0 Å². The predicted octanol–water partition coefficient (Wildman–Crippen LogP) is 3.32. The molecular weight excluding hydrogens is 234 g/mol. The van der Waals surface area contributed by atoms with E-state index in [0.717, 1.165) is 37.9 Å². The van der Waals surface area contributed by atoms with Crippen LogP contribution in [0.5, 0.6) is 0 Å². The van der Waals surface area contributed by atoms with E-state index in [0.29, 0.717) is 5.88 Å². The van der Waals surface area contributed by atoms with Crippen molar-refractivity contribution >= 4 is 17.4 Å². The summed E-state index contributed by atoms with van der Waals surface area (Å²) in [6.07, 6.45) is 4.94. The molecule has 1 aliphatic carbocycles. The van der Waals surface area contributed by atoms with Gasteiger partial charge in [-0.1, -0.05) is 12.8 Å². The molecule has 0 unspecified atom stereocenters. The van der Waals surface area contributed by atoms with Gasteiger partial charge in [-0.25, -0.2) is 13.8 Å². The molecule has 0 saturated heterocycles. The van der Waals surface area contributed by atoms with Crippen molar-refractivity contribution in [3.8, 4) is 0 Å². The number of halogens is 3. The van der Waals surface area contributed by atoms with Crippen molar-refractivity contribution in [1.29, 1.82) is 0 Å². The zero-order valence-electron chi connectivity index (χ0n) is 8.77. The van der Waals surface area contributed by atoms with E-state index < -0.39 is 11.6 Å². The maximum absolute atomic E-state index is 13.4. The van der Waals surface area contributed by atoms with Crippen LogP contribution in [0, 0.1) is 11.6 Å². The van der Waals surface area contributed by atoms with Gasteiger partial charge in [0.1, 0.15) is 5.82 Å². The number of anilines is 1. The van der Waals surface area contributed by atoms with Gasteiger partial charge in [0, 0.05) is 11.9 Å². The maximum Gasteiger partial charge on any atom is 0.168 e. The smallest absolute Gasteiger partial charge is 0.168 e. The molecule has 16 heavy (non-hydrogen) atoms. The highest BCUT2D eigenvalue weighted by Crippen LogP contribution is 2.34. The molecule has 2 nitrogen and oxygen atoms in total.